The zero-order valence-electron chi connectivity index (χ0n) is 10.7. The van der Waals surface area contributed by atoms with E-state index in [0.717, 1.165) is 31.0 Å². The van der Waals surface area contributed by atoms with E-state index in [4.69, 9.17) is 0 Å². The third-order valence-corrected chi connectivity index (χ3v) is 3.30. The average molecular weight is 291 g/mol. The van der Waals surface area contributed by atoms with Crippen LogP contribution in [-0.4, -0.2) is 37.0 Å². The molecular formula is C13H17ClF2N2O. The van der Waals surface area contributed by atoms with E-state index < -0.39 is 11.6 Å². The van der Waals surface area contributed by atoms with Gasteiger partial charge in [0.1, 0.15) is 11.6 Å². The van der Waals surface area contributed by atoms with Crippen LogP contribution >= 0.6 is 12.4 Å². The van der Waals surface area contributed by atoms with Gasteiger partial charge < -0.3 is 10.2 Å². The van der Waals surface area contributed by atoms with E-state index in [1.54, 1.807) is 4.90 Å². The van der Waals surface area contributed by atoms with Crippen LogP contribution in [-0.2, 0) is 0 Å². The van der Waals surface area contributed by atoms with Crippen LogP contribution in [0.25, 0.3) is 0 Å². The Morgan fingerprint density at radius 2 is 1.74 bits per heavy atom. The van der Waals surface area contributed by atoms with Crippen LogP contribution in [0.1, 0.15) is 23.2 Å². The molecule has 0 radical (unpaired) electrons. The van der Waals surface area contributed by atoms with Gasteiger partial charge in [0.2, 0.25) is 0 Å². The predicted octanol–water partition coefficient (Wildman–Crippen LogP) is 2.21. The second-order valence-corrected chi connectivity index (χ2v) is 4.51. The number of nitrogens with one attached hydrogen (secondary N) is 1. The molecule has 1 aromatic carbocycles. The highest BCUT2D eigenvalue weighted by Crippen LogP contribution is 2.15. The van der Waals surface area contributed by atoms with Gasteiger partial charge in [-0.15, -0.1) is 12.4 Å². The summed E-state index contributed by atoms with van der Waals surface area (Å²) in [6.07, 6.45) is 1.72. The summed E-state index contributed by atoms with van der Waals surface area (Å²) in [7, 11) is 1.89. The van der Waals surface area contributed by atoms with E-state index in [1.165, 1.54) is 0 Å². The summed E-state index contributed by atoms with van der Waals surface area (Å²) in [6, 6.07) is 3.34. The van der Waals surface area contributed by atoms with Crippen LogP contribution in [0.3, 0.4) is 0 Å². The monoisotopic (exact) mass is 290 g/mol. The summed E-state index contributed by atoms with van der Waals surface area (Å²) in [6.45, 7) is 1.23. The number of amides is 1. The summed E-state index contributed by atoms with van der Waals surface area (Å²) in [5, 5.41) is 3.16. The normalized spacial score (nSPS) is 16.1. The molecule has 1 aliphatic rings. The number of carbonyl (C=O) groups excluding carboxylic acids is 1. The van der Waals surface area contributed by atoms with Crippen molar-refractivity contribution in [1.29, 1.82) is 0 Å². The maximum atomic E-state index is 13.1. The Morgan fingerprint density at radius 1 is 1.21 bits per heavy atom. The first-order chi connectivity index (χ1) is 8.60. The van der Waals surface area contributed by atoms with E-state index in [0.29, 0.717) is 19.1 Å². The van der Waals surface area contributed by atoms with E-state index in [2.05, 4.69) is 5.32 Å². The fraction of sp³-hybridized carbons (Fsp3) is 0.462. The first-order valence-corrected chi connectivity index (χ1v) is 6.03. The lowest BCUT2D eigenvalue weighted by Gasteiger charge is -2.31. The molecule has 1 saturated heterocycles. The Morgan fingerprint density at radius 3 is 2.21 bits per heavy atom. The molecular weight excluding hydrogens is 274 g/mol. The molecule has 1 N–H and O–H groups in total. The predicted molar refractivity (Wildman–Crippen MR) is 71.6 cm³/mol. The number of halogens is 3. The standard InChI is InChI=1S/C13H16F2N2O.ClH/c1-16-12-2-4-17(5-3-12)13(18)9-6-10(14)8-11(15)7-9;/h6-8,12,16H,2-5H2,1H3;1H. The fourth-order valence-electron chi connectivity index (χ4n) is 2.23. The van der Waals surface area contributed by atoms with E-state index in [9.17, 15) is 13.6 Å². The topological polar surface area (TPSA) is 32.3 Å². The summed E-state index contributed by atoms with van der Waals surface area (Å²) in [5.74, 6) is -1.74. The largest absolute Gasteiger partial charge is 0.339 e. The molecule has 0 unspecified atom stereocenters. The van der Waals surface area contributed by atoms with Crippen molar-refractivity contribution < 1.29 is 13.6 Å². The molecule has 19 heavy (non-hydrogen) atoms. The van der Waals surface area contributed by atoms with Crippen molar-refractivity contribution in [2.45, 2.75) is 18.9 Å². The molecule has 0 aromatic heterocycles. The zero-order valence-corrected chi connectivity index (χ0v) is 11.5. The van der Waals surface area contributed by atoms with Crippen molar-refractivity contribution in [3.63, 3.8) is 0 Å². The van der Waals surface area contributed by atoms with Crippen LogP contribution in [0.4, 0.5) is 8.78 Å². The SMILES string of the molecule is CNC1CCN(C(=O)c2cc(F)cc(F)c2)CC1.Cl. The fourth-order valence-corrected chi connectivity index (χ4v) is 2.23. The molecule has 1 heterocycles. The summed E-state index contributed by atoms with van der Waals surface area (Å²) < 4.78 is 26.1. The highest BCUT2D eigenvalue weighted by atomic mass is 35.5. The van der Waals surface area contributed by atoms with Gasteiger partial charge >= 0.3 is 0 Å². The third-order valence-electron chi connectivity index (χ3n) is 3.30. The Hall–Kier alpha value is -1.20. The molecule has 3 nitrogen and oxygen atoms in total. The number of hydrogen-bond acceptors (Lipinski definition) is 2. The van der Waals surface area contributed by atoms with Crippen molar-refractivity contribution in [3.8, 4) is 0 Å². The minimum atomic E-state index is -0.719. The van der Waals surface area contributed by atoms with Crippen molar-refractivity contribution in [3.05, 3.63) is 35.4 Å². The lowest BCUT2D eigenvalue weighted by molar-refractivity contribution is 0.0706. The van der Waals surface area contributed by atoms with Crippen LogP contribution in [0, 0.1) is 11.6 Å². The summed E-state index contributed by atoms with van der Waals surface area (Å²) in [4.78, 5) is 13.7. The number of piperidine rings is 1. The minimum Gasteiger partial charge on any atom is -0.339 e. The van der Waals surface area contributed by atoms with Crippen LogP contribution < -0.4 is 5.32 Å². The summed E-state index contributed by atoms with van der Waals surface area (Å²) >= 11 is 0. The molecule has 1 fully saturated rings. The van der Waals surface area contributed by atoms with Gasteiger partial charge in [0.25, 0.3) is 5.91 Å². The van der Waals surface area contributed by atoms with E-state index in [1.807, 2.05) is 7.05 Å². The van der Waals surface area contributed by atoms with Gasteiger partial charge in [0, 0.05) is 30.8 Å². The van der Waals surface area contributed by atoms with Crippen LogP contribution in [0.15, 0.2) is 18.2 Å². The second-order valence-electron chi connectivity index (χ2n) is 4.51. The van der Waals surface area contributed by atoms with Crippen molar-refractivity contribution >= 4 is 18.3 Å². The smallest absolute Gasteiger partial charge is 0.254 e. The van der Waals surface area contributed by atoms with Gasteiger partial charge in [-0.1, -0.05) is 0 Å². The van der Waals surface area contributed by atoms with E-state index in [-0.39, 0.29) is 23.9 Å². The highest BCUT2D eigenvalue weighted by Gasteiger charge is 2.23. The van der Waals surface area contributed by atoms with Crippen LogP contribution in [0.2, 0.25) is 0 Å². The van der Waals surface area contributed by atoms with Gasteiger partial charge in [-0.05, 0) is 32.0 Å². The van der Waals surface area contributed by atoms with Gasteiger partial charge in [-0.2, -0.15) is 0 Å². The van der Waals surface area contributed by atoms with Crippen LogP contribution in [0.5, 0.6) is 0 Å². The molecule has 106 valence electrons. The lowest BCUT2D eigenvalue weighted by atomic mass is 10.0. The lowest BCUT2D eigenvalue weighted by Crippen LogP contribution is -2.44. The second kappa shape index (κ2) is 6.82. The molecule has 0 spiro atoms. The molecule has 0 bridgehead atoms. The quantitative estimate of drug-likeness (QED) is 0.906. The number of hydrogen-bond donors (Lipinski definition) is 1. The van der Waals surface area contributed by atoms with Gasteiger partial charge in [-0.3, -0.25) is 4.79 Å². The van der Waals surface area contributed by atoms with Gasteiger partial charge in [0.05, 0.1) is 0 Å². The van der Waals surface area contributed by atoms with Gasteiger partial charge in [0.15, 0.2) is 0 Å². The summed E-state index contributed by atoms with van der Waals surface area (Å²) in [5.41, 5.74) is 0.0791. The zero-order chi connectivity index (χ0) is 13.1. The first kappa shape index (κ1) is 15.9. The highest BCUT2D eigenvalue weighted by molar-refractivity contribution is 5.94. The van der Waals surface area contributed by atoms with E-state index >= 15 is 0 Å². The Labute approximate surface area is 117 Å². The maximum absolute atomic E-state index is 13.1. The van der Waals surface area contributed by atoms with Crippen molar-refractivity contribution in [2.24, 2.45) is 0 Å². The molecule has 6 heteroatoms. The Kier molecular flexibility index (Phi) is 5.69. The van der Waals surface area contributed by atoms with Gasteiger partial charge in [-0.25, -0.2) is 8.78 Å². The van der Waals surface area contributed by atoms with Crippen molar-refractivity contribution in [2.75, 3.05) is 20.1 Å². The molecule has 1 amide bonds. The number of likely N-dealkylation sites (tertiary alicyclic amines) is 1. The Balaban J connectivity index is 0.00000180. The molecule has 0 saturated carbocycles. The average Bonchev–Trinajstić information content (AvgIpc) is 2.37. The number of nitrogens with zero attached hydrogens (tertiary/aromatic N) is 1. The molecule has 1 aromatic rings. The number of carbonyl (C=O) groups is 1. The number of benzene rings is 1. The molecule has 0 atom stereocenters. The Bertz CT molecular complexity index is 428. The number of rotatable bonds is 2. The molecule has 0 aliphatic carbocycles. The maximum Gasteiger partial charge on any atom is 0.254 e. The first-order valence-electron chi connectivity index (χ1n) is 6.03. The minimum absolute atomic E-state index is 0. The molecule has 2 rings (SSSR count). The van der Waals surface area contributed by atoms with Crippen molar-refractivity contribution in [1.82, 2.24) is 10.2 Å². The third kappa shape index (κ3) is 3.88. The molecule has 1 aliphatic heterocycles.